The first-order valence-electron chi connectivity index (χ1n) is 6.42. The summed E-state index contributed by atoms with van der Waals surface area (Å²) in [5.74, 6) is 0.539. The highest BCUT2D eigenvalue weighted by molar-refractivity contribution is 5.62. The number of hydrogen-bond donors (Lipinski definition) is 1. The molecule has 1 aromatic carbocycles. The average Bonchev–Trinajstić information content (AvgIpc) is 2.92. The van der Waals surface area contributed by atoms with Gasteiger partial charge < -0.3 is 14.5 Å². The maximum Gasteiger partial charge on any atom is 0.247 e. The number of ether oxygens (including phenoxy) is 1. The van der Waals surface area contributed by atoms with Gasteiger partial charge in [0.25, 0.3) is 0 Å². The van der Waals surface area contributed by atoms with E-state index in [-0.39, 0.29) is 6.04 Å². The summed E-state index contributed by atoms with van der Waals surface area (Å²) in [6.45, 7) is 7.58. The van der Waals surface area contributed by atoms with Gasteiger partial charge in [-0.3, -0.25) is 0 Å². The molecule has 5 heteroatoms. The fraction of sp³-hybridized carbons (Fsp3) is 0.429. The van der Waals surface area contributed by atoms with Crippen molar-refractivity contribution in [2.24, 2.45) is 0 Å². The maximum absolute atomic E-state index is 5.39. The van der Waals surface area contributed by atoms with Gasteiger partial charge in [0.15, 0.2) is 0 Å². The molecule has 2 rings (SSSR count). The Bertz CT molecular complexity index is 511. The molecule has 19 heavy (non-hydrogen) atoms. The van der Waals surface area contributed by atoms with Crippen molar-refractivity contribution in [3.05, 3.63) is 30.2 Å². The standard InChI is InChI=1S/C14H19N3O2/c1-4-18-8-11(3)16-13-6-5-12(7-10(13)2)14-17-15-9-19-14/h5-7,9,11,16H,4,8H2,1-3H3. The lowest BCUT2D eigenvalue weighted by atomic mass is 10.1. The van der Waals surface area contributed by atoms with E-state index in [9.17, 15) is 0 Å². The summed E-state index contributed by atoms with van der Waals surface area (Å²) < 4.78 is 10.6. The van der Waals surface area contributed by atoms with Crippen molar-refractivity contribution < 1.29 is 9.15 Å². The van der Waals surface area contributed by atoms with Crippen molar-refractivity contribution in [1.29, 1.82) is 0 Å². The van der Waals surface area contributed by atoms with Crippen LogP contribution < -0.4 is 5.32 Å². The number of aryl methyl sites for hydroxylation is 1. The number of rotatable bonds is 6. The number of nitrogens with one attached hydrogen (secondary N) is 1. The molecule has 0 saturated carbocycles. The van der Waals surface area contributed by atoms with E-state index in [1.165, 1.54) is 6.39 Å². The van der Waals surface area contributed by atoms with E-state index in [2.05, 4.69) is 29.4 Å². The molecule has 1 heterocycles. The first-order valence-corrected chi connectivity index (χ1v) is 6.42. The largest absolute Gasteiger partial charge is 0.423 e. The lowest BCUT2D eigenvalue weighted by molar-refractivity contribution is 0.141. The van der Waals surface area contributed by atoms with Crippen molar-refractivity contribution >= 4 is 5.69 Å². The molecular weight excluding hydrogens is 242 g/mol. The molecule has 0 amide bonds. The quantitative estimate of drug-likeness (QED) is 0.866. The predicted octanol–water partition coefficient (Wildman–Crippen LogP) is 2.88. The minimum atomic E-state index is 0.271. The fourth-order valence-electron chi connectivity index (χ4n) is 1.86. The molecule has 0 aliphatic heterocycles. The normalized spacial score (nSPS) is 12.4. The second-order valence-corrected chi connectivity index (χ2v) is 4.48. The first kappa shape index (κ1) is 13.5. The van der Waals surface area contributed by atoms with E-state index < -0.39 is 0 Å². The molecule has 0 aliphatic carbocycles. The van der Waals surface area contributed by atoms with Crippen LogP contribution in [0.3, 0.4) is 0 Å². The number of benzene rings is 1. The highest BCUT2D eigenvalue weighted by Gasteiger charge is 2.08. The monoisotopic (exact) mass is 261 g/mol. The molecule has 2 aromatic rings. The van der Waals surface area contributed by atoms with Gasteiger partial charge in [-0.25, -0.2) is 0 Å². The van der Waals surface area contributed by atoms with Crippen molar-refractivity contribution in [2.45, 2.75) is 26.8 Å². The Balaban J connectivity index is 2.07. The third-order valence-electron chi connectivity index (χ3n) is 2.81. The summed E-state index contributed by atoms with van der Waals surface area (Å²) in [6, 6.07) is 6.30. The maximum atomic E-state index is 5.39. The van der Waals surface area contributed by atoms with E-state index in [1.54, 1.807) is 0 Å². The molecule has 0 aliphatic rings. The Labute approximate surface area is 113 Å². The third-order valence-corrected chi connectivity index (χ3v) is 2.81. The summed E-state index contributed by atoms with van der Waals surface area (Å²) in [5, 5.41) is 11.0. The Kier molecular flexibility index (Phi) is 4.52. The lowest BCUT2D eigenvalue weighted by Gasteiger charge is -2.17. The second kappa shape index (κ2) is 6.33. The van der Waals surface area contributed by atoms with Gasteiger partial charge in [-0.05, 0) is 44.5 Å². The van der Waals surface area contributed by atoms with Crippen molar-refractivity contribution in [1.82, 2.24) is 10.2 Å². The van der Waals surface area contributed by atoms with Crippen LogP contribution in [0, 0.1) is 6.92 Å². The van der Waals surface area contributed by atoms with Gasteiger partial charge >= 0.3 is 0 Å². The molecule has 102 valence electrons. The summed E-state index contributed by atoms with van der Waals surface area (Å²) in [4.78, 5) is 0. The van der Waals surface area contributed by atoms with Gasteiger partial charge in [-0.15, -0.1) is 10.2 Å². The number of nitrogens with zero attached hydrogens (tertiary/aromatic N) is 2. The zero-order chi connectivity index (χ0) is 13.7. The summed E-state index contributed by atoms with van der Waals surface area (Å²) in [6.07, 6.45) is 1.33. The average molecular weight is 261 g/mol. The van der Waals surface area contributed by atoms with Crippen LogP contribution in [0.1, 0.15) is 19.4 Å². The predicted molar refractivity (Wildman–Crippen MR) is 74.0 cm³/mol. The summed E-state index contributed by atoms with van der Waals surface area (Å²) >= 11 is 0. The van der Waals surface area contributed by atoms with Gasteiger partial charge in [-0.1, -0.05) is 0 Å². The molecule has 1 aromatic heterocycles. The third kappa shape index (κ3) is 3.54. The van der Waals surface area contributed by atoms with Crippen LogP contribution >= 0.6 is 0 Å². The summed E-state index contributed by atoms with van der Waals surface area (Å²) in [7, 11) is 0. The molecule has 0 bridgehead atoms. The van der Waals surface area contributed by atoms with Gasteiger partial charge in [0.05, 0.1) is 6.61 Å². The molecule has 0 radical (unpaired) electrons. The number of hydrogen-bond acceptors (Lipinski definition) is 5. The molecule has 1 unspecified atom stereocenters. The molecule has 0 saturated heterocycles. The number of aromatic nitrogens is 2. The van der Waals surface area contributed by atoms with Crippen LogP contribution in [-0.4, -0.2) is 29.5 Å². The molecule has 5 nitrogen and oxygen atoms in total. The summed E-state index contributed by atoms with van der Waals surface area (Å²) in [5.41, 5.74) is 3.16. The molecule has 1 N–H and O–H groups in total. The van der Waals surface area contributed by atoms with Gasteiger partial charge in [0, 0.05) is 23.9 Å². The lowest BCUT2D eigenvalue weighted by Crippen LogP contribution is -2.22. The Morgan fingerprint density at radius 3 is 2.89 bits per heavy atom. The Morgan fingerprint density at radius 1 is 1.42 bits per heavy atom. The minimum absolute atomic E-state index is 0.271. The first-order chi connectivity index (χ1) is 9.20. The molecular formula is C14H19N3O2. The van der Waals surface area contributed by atoms with E-state index in [4.69, 9.17) is 9.15 Å². The fourth-order valence-corrected chi connectivity index (χ4v) is 1.86. The van der Waals surface area contributed by atoms with Crippen LogP contribution in [0.4, 0.5) is 5.69 Å². The molecule has 0 spiro atoms. The van der Waals surface area contributed by atoms with Crippen molar-refractivity contribution in [3.8, 4) is 11.5 Å². The van der Waals surface area contributed by atoms with Gasteiger partial charge in [0.2, 0.25) is 12.3 Å². The zero-order valence-electron chi connectivity index (χ0n) is 11.5. The smallest absolute Gasteiger partial charge is 0.247 e. The van der Waals surface area contributed by atoms with E-state index in [0.29, 0.717) is 12.5 Å². The van der Waals surface area contributed by atoms with Crippen LogP contribution in [0.2, 0.25) is 0 Å². The van der Waals surface area contributed by atoms with Crippen LogP contribution in [0.15, 0.2) is 29.0 Å². The molecule has 1 atom stereocenters. The van der Waals surface area contributed by atoms with Crippen LogP contribution in [0.25, 0.3) is 11.5 Å². The van der Waals surface area contributed by atoms with E-state index >= 15 is 0 Å². The van der Waals surface area contributed by atoms with Gasteiger partial charge in [-0.2, -0.15) is 0 Å². The zero-order valence-corrected chi connectivity index (χ0v) is 11.5. The number of anilines is 1. The van der Waals surface area contributed by atoms with Crippen molar-refractivity contribution in [2.75, 3.05) is 18.5 Å². The van der Waals surface area contributed by atoms with Crippen molar-refractivity contribution in [3.63, 3.8) is 0 Å². The minimum Gasteiger partial charge on any atom is -0.423 e. The Hall–Kier alpha value is -1.88. The van der Waals surface area contributed by atoms with Crippen LogP contribution in [0.5, 0.6) is 0 Å². The van der Waals surface area contributed by atoms with Gasteiger partial charge in [0.1, 0.15) is 0 Å². The molecule has 0 fully saturated rings. The van der Waals surface area contributed by atoms with Crippen LogP contribution in [-0.2, 0) is 4.74 Å². The van der Waals surface area contributed by atoms with E-state index in [1.807, 2.05) is 25.1 Å². The van der Waals surface area contributed by atoms with E-state index in [0.717, 1.165) is 23.4 Å². The Morgan fingerprint density at radius 2 is 2.26 bits per heavy atom. The SMILES string of the molecule is CCOCC(C)Nc1ccc(-c2nnco2)cc1C. The highest BCUT2D eigenvalue weighted by Crippen LogP contribution is 2.23. The second-order valence-electron chi connectivity index (χ2n) is 4.48. The highest BCUT2D eigenvalue weighted by atomic mass is 16.5. The topological polar surface area (TPSA) is 60.2 Å².